The number of nitrogens with two attached hydrogens (primary N) is 1. The number of aryl methyl sites for hydroxylation is 1. The number of hydrogen-bond acceptors (Lipinski definition) is 7. The molecule has 37 heavy (non-hydrogen) atoms. The molecule has 0 aliphatic carbocycles. The second kappa shape index (κ2) is 9.75. The number of rotatable bonds is 4. The summed E-state index contributed by atoms with van der Waals surface area (Å²) >= 11 is 0. The average Bonchev–Trinajstić information content (AvgIpc) is 3.32. The molecule has 0 saturated heterocycles. The molecule has 4 heterocycles. The van der Waals surface area contributed by atoms with Gasteiger partial charge in [0, 0.05) is 25.6 Å². The van der Waals surface area contributed by atoms with E-state index in [1.165, 1.54) is 16.8 Å². The van der Waals surface area contributed by atoms with Crippen LogP contribution >= 0.6 is 0 Å². The molecule has 4 aromatic heterocycles. The minimum Gasteiger partial charge on any atom is -0.382 e. The molecule has 0 aliphatic rings. The number of nitrogens with one attached hydrogen (secondary N) is 1. The van der Waals surface area contributed by atoms with Crippen LogP contribution in [-0.4, -0.2) is 35.0 Å². The standard InChI is InChI=1S/C27H22N8O2/c1-17(32-26(36)24-25(28)30-14-13-29-24)23-22(19-7-4-3-5-8-19)27(37)35-20(9-6-10-21(35)33-23)12-11-18-15-31-34(2)16-18/h3-10,13-17H,1-2H3,(H2,28,30)(H,32,36)/t17-/m0/s1. The zero-order chi connectivity index (χ0) is 25.9. The van der Waals surface area contributed by atoms with E-state index in [1.54, 1.807) is 42.2 Å². The fourth-order valence-corrected chi connectivity index (χ4v) is 3.97. The van der Waals surface area contributed by atoms with Gasteiger partial charge in [0.1, 0.15) is 11.3 Å². The first-order chi connectivity index (χ1) is 17.9. The van der Waals surface area contributed by atoms with Crippen molar-refractivity contribution in [3.63, 3.8) is 0 Å². The minimum absolute atomic E-state index is 0.00100. The van der Waals surface area contributed by atoms with Gasteiger partial charge in [0.05, 0.1) is 29.1 Å². The zero-order valence-corrected chi connectivity index (χ0v) is 20.1. The Labute approximate surface area is 211 Å². The maximum Gasteiger partial charge on any atom is 0.274 e. The summed E-state index contributed by atoms with van der Waals surface area (Å²) in [5.41, 5.74) is 8.55. The molecule has 3 N–H and O–H groups in total. The van der Waals surface area contributed by atoms with Crippen molar-refractivity contribution in [1.82, 2.24) is 34.4 Å². The highest BCUT2D eigenvalue weighted by atomic mass is 16.2. The van der Waals surface area contributed by atoms with Crippen LogP contribution in [0.1, 0.15) is 40.4 Å². The molecule has 0 saturated carbocycles. The van der Waals surface area contributed by atoms with Crippen LogP contribution in [0.2, 0.25) is 0 Å². The monoisotopic (exact) mass is 490 g/mol. The van der Waals surface area contributed by atoms with Gasteiger partial charge in [-0.25, -0.2) is 15.0 Å². The number of amides is 1. The van der Waals surface area contributed by atoms with Crippen LogP contribution in [0, 0.1) is 11.8 Å². The first-order valence-corrected chi connectivity index (χ1v) is 11.4. The molecule has 1 aromatic carbocycles. The Morgan fingerprint density at radius 3 is 2.57 bits per heavy atom. The highest BCUT2D eigenvalue weighted by molar-refractivity contribution is 5.96. The van der Waals surface area contributed by atoms with Crippen molar-refractivity contribution in [3.8, 4) is 23.0 Å². The minimum atomic E-state index is -0.646. The van der Waals surface area contributed by atoms with Gasteiger partial charge in [-0.05, 0) is 30.5 Å². The smallest absolute Gasteiger partial charge is 0.274 e. The van der Waals surface area contributed by atoms with E-state index in [2.05, 4.69) is 32.2 Å². The SMILES string of the molecule is C[C@H](NC(=O)c1nccnc1N)c1nc2cccc(C#Cc3cnn(C)c3)n2c(=O)c1-c1ccccc1. The topological polar surface area (TPSA) is 133 Å². The lowest BCUT2D eigenvalue weighted by Gasteiger charge is -2.18. The lowest BCUT2D eigenvalue weighted by Crippen LogP contribution is -2.31. The van der Waals surface area contributed by atoms with Gasteiger partial charge >= 0.3 is 0 Å². The van der Waals surface area contributed by atoms with E-state index in [9.17, 15) is 9.59 Å². The molecule has 1 atom stereocenters. The van der Waals surface area contributed by atoms with Crippen LogP contribution in [0.3, 0.4) is 0 Å². The molecule has 0 unspecified atom stereocenters. The van der Waals surface area contributed by atoms with Crippen molar-refractivity contribution >= 4 is 17.4 Å². The summed E-state index contributed by atoms with van der Waals surface area (Å²) in [6.07, 6.45) is 6.24. The van der Waals surface area contributed by atoms with E-state index >= 15 is 0 Å². The fraction of sp³-hybridized carbons (Fsp3) is 0.111. The Morgan fingerprint density at radius 2 is 1.84 bits per heavy atom. The molecule has 182 valence electrons. The number of fused-ring (bicyclic) bond motifs is 1. The molecular weight excluding hydrogens is 468 g/mol. The highest BCUT2D eigenvalue weighted by Crippen LogP contribution is 2.25. The van der Waals surface area contributed by atoms with Crippen LogP contribution in [-0.2, 0) is 7.05 Å². The molecule has 5 rings (SSSR count). The molecular formula is C27H22N8O2. The largest absolute Gasteiger partial charge is 0.382 e. The van der Waals surface area contributed by atoms with Crippen LogP contribution in [0.15, 0.2) is 78.1 Å². The van der Waals surface area contributed by atoms with Gasteiger partial charge in [-0.3, -0.25) is 18.7 Å². The maximum absolute atomic E-state index is 14.0. The number of nitrogens with zero attached hydrogens (tertiary/aromatic N) is 6. The number of anilines is 1. The van der Waals surface area contributed by atoms with Crippen molar-refractivity contribution in [2.45, 2.75) is 13.0 Å². The normalized spacial score (nSPS) is 11.5. The molecule has 0 radical (unpaired) electrons. The van der Waals surface area contributed by atoms with Crippen molar-refractivity contribution in [1.29, 1.82) is 0 Å². The summed E-state index contributed by atoms with van der Waals surface area (Å²) in [7, 11) is 1.81. The summed E-state index contributed by atoms with van der Waals surface area (Å²) in [4.78, 5) is 39.6. The first kappa shape index (κ1) is 23.4. The van der Waals surface area contributed by atoms with Crippen LogP contribution in [0.4, 0.5) is 5.82 Å². The Kier molecular flexibility index (Phi) is 6.18. The molecule has 10 nitrogen and oxygen atoms in total. The summed E-state index contributed by atoms with van der Waals surface area (Å²) in [5.74, 6) is 5.61. The third-order valence-corrected chi connectivity index (χ3v) is 5.68. The van der Waals surface area contributed by atoms with Gasteiger partial charge in [-0.1, -0.05) is 42.3 Å². The van der Waals surface area contributed by atoms with Gasteiger partial charge in [0.2, 0.25) is 0 Å². The van der Waals surface area contributed by atoms with E-state index in [4.69, 9.17) is 10.7 Å². The Bertz CT molecular complexity index is 1750. The lowest BCUT2D eigenvalue weighted by molar-refractivity contribution is 0.0935. The van der Waals surface area contributed by atoms with Crippen LogP contribution < -0.4 is 16.6 Å². The number of carbonyl (C=O) groups excluding carboxylic acids is 1. The van der Waals surface area contributed by atoms with E-state index in [1.807, 2.05) is 37.4 Å². The van der Waals surface area contributed by atoms with Crippen molar-refractivity contribution in [2.75, 3.05) is 5.73 Å². The van der Waals surface area contributed by atoms with Crippen molar-refractivity contribution < 1.29 is 4.79 Å². The van der Waals surface area contributed by atoms with Gasteiger partial charge in [0.15, 0.2) is 11.5 Å². The summed E-state index contributed by atoms with van der Waals surface area (Å²) in [6, 6.07) is 13.8. The van der Waals surface area contributed by atoms with Gasteiger partial charge in [0.25, 0.3) is 11.5 Å². The molecule has 0 aliphatic heterocycles. The maximum atomic E-state index is 14.0. The summed E-state index contributed by atoms with van der Waals surface area (Å²) in [5, 5.41) is 6.98. The molecule has 0 fully saturated rings. The first-order valence-electron chi connectivity index (χ1n) is 11.4. The molecule has 5 aromatic rings. The van der Waals surface area contributed by atoms with E-state index in [-0.39, 0.29) is 17.1 Å². The van der Waals surface area contributed by atoms with Gasteiger partial charge < -0.3 is 11.1 Å². The molecule has 10 heteroatoms. The Morgan fingerprint density at radius 1 is 1.05 bits per heavy atom. The van der Waals surface area contributed by atoms with Gasteiger partial charge in [-0.15, -0.1) is 0 Å². The highest BCUT2D eigenvalue weighted by Gasteiger charge is 2.23. The summed E-state index contributed by atoms with van der Waals surface area (Å²) < 4.78 is 3.13. The van der Waals surface area contributed by atoms with Crippen LogP contribution in [0.5, 0.6) is 0 Å². The number of hydrogen-bond donors (Lipinski definition) is 2. The van der Waals surface area contributed by atoms with E-state index in [0.717, 1.165) is 5.56 Å². The second-order valence-corrected chi connectivity index (χ2v) is 8.29. The number of aromatic nitrogens is 6. The lowest BCUT2D eigenvalue weighted by atomic mass is 10.0. The number of benzene rings is 1. The summed E-state index contributed by atoms with van der Waals surface area (Å²) in [6.45, 7) is 1.75. The predicted molar refractivity (Wildman–Crippen MR) is 138 cm³/mol. The Hall–Kier alpha value is -5.30. The fourth-order valence-electron chi connectivity index (χ4n) is 3.97. The Balaban J connectivity index is 1.65. The van der Waals surface area contributed by atoms with Gasteiger partial charge in [-0.2, -0.15) is 5.10 Å². The third kappa shape index (κ3) is 4.66. The van der Waals surface area contributed by atoms with Crippen molar-refractivity contribution in [3.05, 3.63) is 106 Å². The number of carbonyl (C=O) groups is 1. The van der Waals surface area contributed by atoms with E-state index < -0.39 is 11.9 Å². The molecule has 1 amide bonds. The molecule has 0 bridgehead atoms. The van der Waals surface area contributed by atoms with Crippen molar-refractivity contribution in [2.24, 2.45) is 7.05 Å². The van der Waals surface area contributed by atoms with Crippen LogP contribution in [0.25, 0.3) is 16.8 Å². The number of pyridine rings is 1. The zero-order valence-electron chi connectivity index (χ0n) is 20.1. The van der Waals surface area contributed by atoms with E-state index in [0.29, 0.717) is 28.2 Å². The third-order valence-electron chi connectivity index (χ3n) is 5.68. The average molecular weight is 491 g/mol. The predicted octanol–water partition coefficient (Wildman–Crippen LogP) is 2.36. The quantitative estimate of drug-likeness (QED) is 0.370. The molecule has 0 spiro atoms. The number of nitrogen functional groups attached to an aromatic ring is 1. The second-order valence-electron chi connectivity index (χ2n) is 8.29.